The Bertz CT molecular complexity index is 299. The highest BCUT2D eigenvalue weighted by molar-refractivity contribution is 6.69. The zero-order chi connectivity index (χ0) is 12.6. The standard InChI is InChI=1S/C7H14O3Si.C6H6/c1-8-11(9-2,10-3)7-5-4-6-7;1-2-4-6-5-3-1/h5H,4,6H2,1-3H3;1-6H. The van der Waals surface area contributed by atoms with E-state index >= 15 is 0 Å². The number of hydrogen-bond donors (Lipinski definition) is 0. The van der Waals surface area contributed by atoms with Gasteiger partial charge in [-0.2, -0.15) is 0 Å². The van der Waals surface area contributed by atoms with Crippen LogP contribution in [0.25, 0.3) is 0 Å². The zero-order valence-electron chi connectivity index (χ0n) is 10.7. The van der Waals surface area contributed by atoms with Crippen molar-refractivity contribution in [3.63, 3.8) is 0 Å². The van der Waals surface area contributed by atoms with Crippen molar-refractivity contribution in [2.75, 3.05) is 21.3 Å². The Balaban J connectivity index is 0.000000202. The Kier molecular flexibility index (Phi) is 6.14. The molecule has 0 N–H and O–H groups in total. The number of allylic oxidation sites excluding steroid dienone is 2. The Morgan fingerprint density at radius 1 is 0.824 bits per heavy atom. The molecular weight excluding hydrogens is 232 g/mol. The van der Waals surface area contributed by atoms with Gasteiger partial charge in [0.2, 0.25) is 0 Å². The molecule has 0 fully saturated rings. The van der Waals surface area contributed by atoms with Crippen LogP contribution in [-0.2, 0) is 13.3 Å². The highest BCUT2D eigenvalue weighted by Gasteiger charge is 2.44. The van der Waals surface area contributed by atoms with Crippen LogP contribution in [0, 0.1) is 0 Å². The van der Waals surface area contributed by atoms with E-state index in [1.165, 1.54) is 5.20 Å². The minimum absolute atomic E-state index is 1.06. The molecule has 0 aromatic heterocycles. The molecular formula is C13H20O3Si. The smallest absolute Gasteiger partial charge is 0.374 e. The maximum absolute atomic E-state index is 5.27. The van der Waals surface area contributed by atoms with Gasteiger partial charge in [0.25, 0.3) is 0 Å². The lowest BCUT2D eigenvalue weighted by molar-refractivity contribution is 0.132. The van der Waals surface area contributed by atoms with E-state index in [0.717, 1.165) is 12.8 Å². The largest absolute Gasteiger partial charge is 0.531 e. The number of benzene rings is 1. The molecule has 1 aromatic rings. The molecule has 94 valence electrons. The molecule has 1 aliphatic carbocycles. The van der Waals surface area contributed by atoms with Gasteiger partial charge in [-0.3, -0.25) is 0 Å². The average molecular weight is 252 g/mol. The molecule has 0 spiro atoms. The predicted molar refractivity (Wildman–Crippen MR) is 70.5 cm³/mol. The lowest BCUT2D eigenvalue weighted by Gasteiger charge is -2.30. The molecule has 2 rings (SSSR count). The molecule has 0 radical (unpaired) electrons. The van der Waals surface area contributed by atoms with Crippen LogP contribution in [0.1, 0.15) is 12.8 Å². The second kappa shape index (κ2) is 7.40. The van der Waals surface area contributed by atoms with Gasteiger partial charge in [0.1, 0.15) is 0 Å². The maximum atomic E-state index is 5.27. The molecule has 17 heavy (non-hydrogen) atoms. The summed E-state index contributed by atoms with van der Waals surface area (Å²) in [5.74, 6) is 0. The Hall–Kier alpha value is -0.943. The third-order valence-electron chi connectivity index (χ3n) is 2.67. The van der Waals surface area contributed by atoms with Gasteiger partial charge in [-0.05, 0) is 18.0 Å². The van der Waals surface area contributed by atoms with Gasteiger partial charge in [-0.25, -0.2) is 0 Å². The molecule has 1 aliphatic rings. The lowest BCUT2D eigenvalue weighted by Crippen LogP contribution is -2.46. The Morgan fingerprint density at radius 3 is 1.29 bits per heavy atom. The van der Waals surface area contributed by atoms with Crippen molar-refractivity contribution < 1.29 is 13.3 Å². The fourth-order valence-corrected chi connectivity index (χ4v) is 3.73. The summed E-state index contributed by atoms with van der Waals surface area (Å²) in [7, 11) is 2.54. The van der Waals surface area contributed by atoms with Crippen LogP contribution in [0.2, 0.25) is 0 Å². The van der Waals surface area contributed by atoms with Crippen LogP contribution >= 0.6 is 0 Å². The van der Waals surface area contributed by atoms with Gasteiger partial charge in [0.05, 0.1) is 0 Å². The van der Waals surface area contributed by atoms with Gasteiger partial charge in [0.15, 0.2) is 0 Å². The van der Waals surface area contributed by atoms with Crippen molar-refractivity contribution in [2.24, 2.45) is 0 Å². The minimum Gasteiger partial charge on any atom is -0.374 e. The first-order valence-electron chi connectivity index (χ1n) is 5.64. The summed E-state index contributed by atoms with van der Waals surface area (Å²) in [6, 6.07) is 12.0. The molecule has 0 unspecified atom stereocenters. The first-order valence-corrected chi connectivity index (χ1v) is 7.36. The third-order valence-corrected chi connectivity index (χ3v) is 5.52. The lowest BCUT2D eigenvalue weighted by atomic mass is 10.1. The van der Waals surface area contributed by atoms with Crippen LogP contribution in [0.3, 0.4) is 0 Å². The molecule has 0 amide bonds. The highest BCUT2D eigenvalue weighted by Crippen LogP contribution is 2.29. The monoisotopic (exact) mass is 252 g/mol. The summed E-state index contributed by atoms with van der Waals surface area (Å²) in [5, 5.41) is 1.21. The molecule has 3 nitrogen and oxygen atoms in total. The van der Waals surface area contributed by atoms with Gasteiger partial charge < -0.3 is 13.3 Å². The van der Waals surface area contributed by atoms with Crippen LogP contribution < -0.4 is 0 Å². The van der Waals surface area contributed by atoms with Crippen molar-refractivity contribution >= 4 is 8.80 Å². The van der Waals surface area contributed by atoms with Crippen LogP contribution in [0.4, 0.5) is 0 Å². The molecule has 0 saturated carbocycles. The molecule has 0 bridgehead atoms. The maximum Gasteiger partial charge on any atom is 0.531 e. The Labute approximate surface area is 104 Å². The average Bonchev–Trinajstić information content (AvgIpc) is 2.36. The van der Waals surface area contributed by atoms with E-state index in [2.05, 4.69) is 6.08 Å². The van der Waals surface area contributed by atoms with Crippen LogP contribution in [0.5, 0.6) is 0 Å². The second-order valence-electron chi connectivity index (χ2n) is 3.59. The molecule has 0 heterocycles. The molecule has 0 atom stereocenters. The second-order valence-corrected chi connectivity index (χ2v) is 6.57. The predicted octanol–water partition coefficient (Wildman–Crippen LogP) is 2.81. The first kappa shape index (κ1) is 14.1. The van der Waals surface area contributed by atoms with Crippen molar-refractivity contribution in [2.45, 2.75) is 12.8 Å². The first-order chi connectivity index (χ1) is 8.29. The fraction of sp³-hybridized carbons (Fsp3) is 0.385. The van der Waals surface area contributed by atoms with Crippen LogP contribution in [0.15, 0.2) is 47.7 Å². The third kappa shape index (κ3) is 3.78. The van der Waals surface area contributed by atoms with Gasteiger partial charge in [-0.15, -0.1) is 0 Å². The quantitative estimate of drug-likeness (QED) is 0.771. The minimum atomic E-state index is -2.37. The van der Waals surface area contributed by atoms with E-state index in [1.807, 2.05) is 36.4 Å². The van der Waals surface area contributed by atoms with Gasteiger partial charge in [0, 0.05) is 21.3 Å². The van der Waals surface area contributed by atoms with Crippen molar-refractivity contribution in [1.82, 2.24) is 0 Å². The topological polar surface area (TPSA) is 27.7 Å². The van der Waals surface area contributed by atoms with Crippen molar-refractivity contribution in [3.05, 3.63) is 47.7 Å². The fourth-order valence-electron chi connectivity index (χ4n) is 1.59. The summed E-state index contributed by atoms with van der Waals surface area (Å²) in [6.45, 7) is 0. The van der Waals surface area contributed by atoms with E-state index in [9.17, 15) is 0 Å². The summed E-state index contributed by atoms with van der Waals surface area (Å²) in [4.78, 5) is 0. The molecule has 0 aliphatic heterocycles. The van der Waals surface area contributed by atoms with Gasteiger partial charge >= 0.3 is 8.80 Å². The summed E-state index contributed by atoms with van der Waals surface area (Å²) < 4.78 is 15.8. The zero-order valence-corrected chi connectivity index (χ0v) is 11.7. The number of hydrogen-bond acceptors (Lipinski definition) is 3. The van der Waals surface area contributed by atoms with Gasteiger partial charge in [-0.1, -0.05) is 42.5 Å². The molecule has 4 heteroatoms. The SMILES string of the molecule is CO[Si](OC)(OC)C1=CCC1.c1ccccc1. The van der Waals surface area contributed by atoms with E-state index in [-0.39, 0.29) is 0 Å². The normalized spacial score (nSPS) is 14.2. The molecule has 1 aromatic carbocycles. The van der Waals surface area contributed by atoms with Crippen molar-refractivity contribution in [3.8, 4) is 0 Å². The highest BCUT2D eigenvalue weighted by atomic mass is 28.4. The van der Waals surface area contributed by atoms with E-state index in [0.29, 0.717) is 0 Å². The van der Waals surface area contributed by atoms with Crippen LogP contribution in [-0.4, -0.2) is 30.1 Å². The summed E-state index contributed by atoms with van der Waals surface area (Å²) >= 11 is 0. The Morgan fingerprint density at radius 2 is 1.18 bits per heavy atom. The summed E-state index contributed by atoms with van der Waals surface area (Å²) in [5.41, 5.74) is 0. The molecule has 0 saturated heterocycles. The van der Waals surface area contributed by atoms with E-state index in [1.54, 1.807) is 21.3 Å². The number of rotatable bonds is 4. The van der Waals surface area contributed by atoms with E-state index in [4.69, 9.17) is 13.3 Å². The van der Waals surface area contributed by atoms with E-state index < -0.39 is 8.80 Å². The van der Waals surface area contributed by atoms with Crippen molar-refractivity contribution in [1.29, 1.82) is 0 Å². The summed E-state index contributed by atoms with van der Waals surface area (Å²) in [6.07, 6.45) is 4.31.